The van der Waals surface area contributed by atoms with E-state index in [2.05, 4.69) is 96.3 Å². The third kappa shape index (κ3) is 28.4. The molecule has 0 unspecified atom stereocenters. The number of aromatic nitrogens is 8. The van der Waals surface area contributed by atoms with Crippen molar-refractivity contribution in [2.75, 3.05) is 93.3 Å². The number of rotatable bonds is 30. The van der Waals surface area contributed by atoms with Crippen LogP contribution in [0.25, 0.3) is 41.8 Å². The number of pyridine rings is 4. The van der Waals surface area contributed by atoms with Crippen LogP contribution in [0.15, 0.2) is 49.1 Å². The molecule has 3 atom stereocenters. The van der Waals surface area contributed by atoms with Crippen LogP contribution < -0.4 is 42.5 Å². The molecule has 39 heteroatoms. The molecule has 0 bridgehead atoms. The maximum atomic E-state index is 13.7. The Morgan fingerprint density at radius 3 is 0.929 bits per heavy atom. The summed E-state index contributed by atoms with van der Waals surface area (Å²) in [6.07, 6.45) is 24.5. The number of nitrogens with one attached hydrogen (secondary N) is 8. The fourth-order valence-electron chi connectivity index (χ4n) is 18.2. The second kappa shape index (κ2) is 45.3. The Labute approximate surface area is 839 Å². The van der Waals surface area contributed by atoms with E-state index in [0.29, 0.717) is 151 Å². The summed E-state index contributed by atoms with van der Waals surface area (Å²) in [6, 6.07) is 9.64. The van der Waals surface area contributed by atoms with Gasteiger partial charge in [0.2, 0.25) is 0 Å². The average molecular weight is 2020 g/mol. The standard InChI is InChI=1S/C27H36FN5O3S.2C25H34FN5O3S.C25H35N5O3S/c1-16-11-20(31-18-12-27(13-18)7-4-8-27)29-14-19(16)22-21(25(35)33-9-5-17(28)6-10-33)32-24(37-22)23(34)30-15-26(2,3)36;2*1-14-11-19(29-15(2)16-5-6-16)27-12-18(14)21-20(24(33)31-9-7-17(26)8-10-31)30-23(35-21)22(32)28-13-25(3,4)34;1-15-12-19(28-17-8-6-5-7-9-17)26-13-18(15)21-20(24(32)30-11-10-16(30)2)29-23(34-21)22(31)27-14-25(3,4)33/h11,14,17-18,36H,4-10,12-13,15H2,1-3H3,(H,29,31)(H,30,34);2*11-12,15-17,34H,5-10,13H2,1-4H3,(H,27,29)(H,28,32);12-13,16-17,33H,5-11,14H2,1-4H3,(H,26,28)(H,27,31)/t;2*15-;16-/m.100/s1. The number of alkyl halides is 3. The molecule has 4 aliphatic heterocycles. The molecule has 5 saturated carbocycles. The maximum absolute atomic E-state index is 13.7. The number of carbonyl (C=O) groups is 8. The van der Waals surface area contributed by atoms with Crippen LogP contribution in [-0.2, 0) is 0 Å². The lowest BCUT2D eigenvalue weighted by Crippen LogP contribution is -2.49. The average Bonchev–Trinajstić information content (AvgIpc) is 1.61. The summed E-state index contributed by atoms with van der Waals surface area (Å²) >= 11 is 4.59. The SMILES string of the molecule is Cc1cc(NC2CC3(CCC3)C2)ncc1-c1sc(C(=O)NCC(C)(C)O)nc1C(=O)N1CCC(F)CC1.Cc1cc(NC2CCCCC2)ncc1-c1sc(C(=O)NCC(C)(C)O)nc1C(=O)N1CC[C@@H]1C.Cc1cc(N[C@@H](C)C2CC2)ncc1-c1sc(C(=O)NCC(C)(C)O)nc1C(=O)N1CCC(F)CC1.Cc1cc(N[C@H](C)C2CC2)ncc1-c1sc(C(=O)NCC(C)(C)O)nc1C(=O)N1CCC(F)CC1. The largest absolute Gasteiger partial charge is 0.389 e. The van der Waals surface area contributed by atoms with E-state index in [-0.39, 0.29) is 93.0 Å². The monoisotopic (exact) mass is 2020 g/mol. The zero-order chi connectivity index (χ0) is 101. The van der Waals surface area contributed by atoms with Gasteiger partial charge in [0.05, 0.1) is 41.9 Å². The van der Waals surface area contributed by atoms with E-state index in [1.54, 1.807) is 99.8 Å². The summed E-state index contributed by atoms with van der Waals surface area (Å²) in [5, 5.41) is 65.2. The number of likely N-dealkylation sites (tertiary alicyclic amines) is 4. The predicted octanol–water partition coefficient (Wildman–Crippen LogP) is 15.9. The molecule has 12 N–H and O–H groups in total. The molecule has 141 heavy (non-hydrogen) atoms. The molecule has 764 valence electrons. The van der Waals surface area contributed by atoms with Crippen molar-refractivity contribution in [2.24, 2.45) is 17.3 Å². The van der Waals surface area contributed by atoms with Gasteiger partial charge in [-0.05, 0) is 277 Å². The highest BCUT2D eigenvalue weighted by Gasteiger charge is 2.49. The summed E-state index contributed by atoms with van der Waals surface area (Å²) < 4.78 is 41.0. The van der Waals surface area contributed by atoms with E-state index >= 15 is 0 Å². The van der Waals surface area contributed by atoms with E-state index in [1.165, 1.54) is 88.4 Å². The molecule has 17 rings (SSSR count). The lowest BCUT2D eigenvalue weighted by Gasteiger charge is -2.54. The molecule has 0 aromatic carbocycles. The van der Waals surface area contributed by atoms with Gasteiger partial charge in [0.15, 0.2) is 20.0 Å². The molecule has 8 amide bonds. The number of halogens is 3. The van der Waals surface area contributed by atoms with Crippen LogP contribution in [0.5, 0.6) is 0 Å². The first-order valence-corrected chi connectivity index (χ1v) is 53.0. The van der Waals surface area contributed by atoms with Gasteiger partial charge in [0.25, 0.3) is 47.3 Å². The summed E-state index contributed by atoms with van der Waals surface area (Å²) in [6.45, 7) is 29.9. The Morgan fingerprint density at radius 1 is 0.390 bits per heavy atom. The van der Waals surface area contributed by atoms with Crippen LogP contribution in [-0.4, -0.2) is 270 Å². The van der Waals surface area contributed by atoms with E-state index in [0.717, 1.165) is 121 Å². The van der Waals surface area contributed by atoms with Gasteiger partial charge >= 0.3 is 0 Å². The molecular formula is C102H139F3N20O12S4. The van der Waals surface area contributed by atoms with Crippen LogP contribution in [0.1, 0.15) is 314 Å². The minimum Gasteiger partial charge on any atom is -0.389 e. The second-order valence-electron chi connectivity index (χ2n) is 42.5. The second-order valence-corrected chi connectivity index (χ2v) is 46.5. The predicted molar refractivity (Wildman–Crippen MR) is 545 cm³/mol. The van der Waals surface area contributed by atoms with Crippen molar-refractivity contribution in [2.45, 2.75) is 310 Å². The van der Waals surface area contributed by atoms with Crippen LogP contribution in [0.3, 0.4) is 0 Å². The molecule has 32 nitrogen and oxygen atoms in total. The highest BCUT2D eigenvalue weighted by molar-refractivity contribution is 7.18. The van der Waals surface area contributed by atoms with Crippen LogP contribution >= 0.6 is 45.3 Å². The van der Waals surface area contributed by atoms with Gasteiger partial charge in [-0.15, -0.1) is 45.3 Å². The minimum absolute atomic E-state index is 0.0498. The van der Waals surface area contributed by atoms with Crippen molar-refractivity contribution >= 4 is 116 Å². The lowest BCUT2D eigenvalue weighted by molar-refractivity contribution is 0.0191. The van der Waals surface area contributed by atoms with Crippen molar-refractivity contribution < 1.29 is 72.0 Å². The molecule has 1 spiro atoms. The van der Waals surface area contributed by atoms with Gasteiger partial charge in [-0.2, -0.15) is 0 Å². The minimum atomic E-state index is -1.08. The number of nitrogens with zero attached hydrogens (tertiary/aromatic N) is 12. The first-order valence-electron chi connectivity index (χ1n) is 49.8. The van der Waals surface area contributed by atoms with Gasteiger partial charge in [-0.1, -0.05) is 25.7 Å². The third-order valence-corrected chi connectivity index (χ3v) is 31.8. The van der Waals surface area contributed by atoms with Crippen molar-refractivity contribution in [3.05, 3.63) is 114 Å². The fraction of sp³-hybridized carbons (Fsp3) is 0.608. The molecule has 5 aliphatic carbocycles. The smallest absolute Gasteiger partial charge is 0.280 e. The number of piperidine rings is 3. The number of hydrogen-bond acceptors (Lipinski definition) is 28. The zero-order valence-corrected chi connectivity index (χ0v) is 87.0. The quantitative estimate of drug-likeness (QED) is 0.0199. The molecule has 9 aliphatic rings. The van der Waals surface area contributed by atoms with Gasteiger partial charge < -0.3 is 82.6 Å². The summed E-state index contributed by atoms with van der Waals surface area (Å²) in [4.78, 5) is 150. The third-order valence-electron chi connectivity index (χ3n) is 27.5. The number of amides is 8. The maximum Gasteiger partial charge on any atom is 0.280 e. The van der Waals surface area contributed by atoms with Crippen molar-refractivity contribution in [3.8, 4) is 41.8 Å². The van der Waals surface area contributed by atoms with Crippen LogP contribution in [0, 0.1) is 44.9 Å². The topological polar surface area (TPSA) is 430 Å². The number of aliphatic hydroxyl groups is 4. The van der Waals surface area contributed by atoms with Crippen LogP contribution in [0.4, 0.5) is 36.4 Å². The highest BCUT2D eigenvalue weighted by Crippen LogP contribution is 2.56. The normalized spacial score (nSPS) is 18.6. The zero-order valence-electron chi connectivity index (χ0n) is 83.7. The van der Waals surface area contributed by atoms with Gasteiger partial charge in [0.1, 0.15) is 64.6 Å². The molecule has 0 radical (unpaired) electrons. The first kappa shape index (κ1) is 106. The number of carbonyl (C=O) groups excluding carboxylic acids is 8. The van der Waals surface area contributed by atoms with Crippen molar-refractivity contribution in [3.63, 3.8) is 0 Å². The van der Waals surface area contributed by atoms with Gasteiger partial charge in [0, 0.05) is 149 Å². The Hall–Kier alpha value is -10.3. The number of thiazole rings is 4. The number of anilines is 4. The van der Waals surface area contributed by atoms with Crippen molar-refractivity contribution in [1.29, 1.82) is 0 Å². The molecule has 12 heterocycles. The fourth-order valence-corrected chi connectivity index (χ4v) is 22.4. The summed E-state index contributed by atoms with van der Waals surface area (Å²) in [5.74, 6) is 1.72. The lowest BCUT2D eigenvalue weighted by atomic mass is 9.54. The Morgan fingerprint density at radius 2 is 0.674 bits per heavy atom. The molecular weight excluding hydrogens is 1880 g/mol. The van der Waals surface area contributed by atoms with E-state index in [4.69, 9.17) is 0 Å². The molecule has 8 aromatic heterocycles. The summed E-state index contributed by atoms with van der Waals surface area (Å²) in [5.41, 5.74) is 3.90. The van der Waals surface area contributed by atoms with E-state index < -0.39 is 64.5 Å². The van der Waals surface area contributed by atoms with E-state index in [1.807, 2.05) is 58.9 Å². The summed E-state index contributed by atoms with van der Waals surface area (Å²) in [7, 11) is 0. The molecule has 9 fully saturated rings. The van der Waals surface area contributed by atoms with Crippen LogP contribution in [0.2, 0.25) is 0 Å². The number of hydrogen-bond donors (Lipinski definition) is 12. The molecule has 8 aromatic rings. The Kier molecular flexibility index (Phi) is 34.2. The van der Waals surface area contributed by atoms with Gasteiger partial charge in [-0.25, -0.2) is 53.0 Å². The Balaban J connectivity index is 0.000000150. The van der Waals surface area contributed by atoms with Gasteiger partial charge in [-0.3, -0.25) is 38.4 Å². The Bertz CT molecular complexity index is 5620. The van der Waals surface area contributed by atoms with Crippen molar-refractivity contribution in [1.82, 2.24) is 80.7 Å². The highest BCUT2D eigenvalue weighted by atomic mass is 32.1. The molecule has 4 saturated heterocycles. The first-order chi connectivity index (χ1) is 66.7. The van der Waals surface area contributed by atoms with E-state index in [9.17, 15) is 72.0 Å². The number of aryl methyl sites for hydroxylation is 4.